The summed E-state index contributed by atoms with van der Waals surface area (Å²) in [4.78, 5) is 12.2. The molecule has 0 aliphatic heterocycles. The molecule has 2 rings (SSSR count). The highest BCUT2D eigenvalue weighted by atomic mass is 16.3. The van der Waals surface area contributed by atoms with Crippen molar-refractivity contribution in [2.75, 3.05) is 0 Å². The van der Waals surface area contributed by atoms with Crippen LogP contribution in [0.3, 0.4) is 0 Å². The van der Waals surface area contributed by atoms with Gasteiger partial charge in [0.1, 0.15) is 5.78 Å². The fourth-order valence-corrected chi connectivity index (χ4v) is 2.96. The summed E-state index contributed by atoms with van der Waals surface area (Å²) in [6, 6.07) is 3.99. The SMILES string of the molecule is C/C(=C\CCc1ccoc1)CC(=O)CC(C)CCCc1ccoc1. The molecule has 0 fully saturated rings. The Morgan fingerprint density at radius 3 is 2.42 bits per heavy atom. The summed E-state index contributed by atoms with van der Waals surface area (Å²) >= 11 is 0. The molecule has 0 saturated heterocycles. The summed E-state index contributed by atoms with van der Waals surface area (Å²) in [6.07, 6.45) is 15.6. The smallest absolute Gasteiger partial charge is 0.137 e. The van der Waals surface area contributed by atoms with E-state index in [1.54, 1.807) is 25.1 Å². The van der Waals surface area contributed by atoms with Crippen molar-refractivity contribution in [3.05, 3.63) is 60.0 Å². The normalized spacial score (nSPS) is 13.2. The molecule has 0 N–H and O–H groups in total. The number of furan rings is 2. The van der Waals surface area contributed by atoms with E-state index < -0.39 is 0 Å². The Morgan fingerprint density at radius 1 is 1.12 bits per heavy atom. The van der Waals surface area contributed by atoms with Crippen molar-refractivity contribution in [1.29, 1.82) is 0 Å². The van der Waals surface area contributed by atoms with Gasteiger partial charge in [0.05, 0.1) is 25.1 Å². The van der Waals surface area contributed by atoms with Crippen LogP contribution in [0.5, 0.6) is 0 Å². The van der Waals surface area contributed by atoms with Crippen LogP contribution in [0.25, 0.3) is 0 Å². The van der Waals surface area contributed by atoms with Crippen molar-refractivity contribution in [1.82, 2.24) is 0 Å². The van der Waals surface area contributed by atoms with Gasteiger partial charge in [-0.2, -0.15) is 0 Å². The molecule has 3 nitrogen and oxygen atoms in total. The molecule has 1 unspecified atom stereocenters. The second kappa shape index (κ2) is 9.96. The number of allylic oxidation sites excluding steroid dienone is 2. The van der Waals surface area contributed by atoms with Gasteiger partial charge in [0.15, 0.2) is 0 Å². The first-order valence-corrected chi connectivity index (χ1v) is 8.83. The van der Waals surface area contributed by atoms with Gasteiger partial charge in [0.25, 0.3) is 0 Å². The number of rotatable bonds is 11. The molecular weight excluding hydrogens is 300 g/mol. The number of hydrogen-bond acceptors (Lipinski definition) is 3. The zero-order valence-electron chi connectivity index (χ0n) is 14.8. The molecule has 1 atom stereocenters. The number of ketones is 1. The zero-order valence-corrected chi connectivity index (χ0v) is 14.8. The average Bonchev–Trinajstić information content (AvgIpc) is 3.20. The third kappa shape index (κ3) is 7.03. The van der Waals surface area contributed by atoms with Crippen LogP contribution in [0.1, 0.15) is 57.1 Å². The van der Waals surface area contributed by atoms with Gasteiger partial charge in [-0.3, -0.25) is 4.79 Å². The van der Waals surface area contributed by atoms with Gasteiger partial charge in [-0.25, -0.2) is 0 Å². The standard InChI is InChI=1S/C21H28O3/c1-17(5-3-7-19-9-11-23-15-19)13-21(22)14-18(2)6-4-8-20-10-12-24-16-20/h5,9-12,15-16,18H,3-4,6-8,13-14H2,1-2H3/b17-5+. The molecule has 0 aliphatic carbocycles. The first-order chi connectivity index (χ1) is 11.6. The van der Waals surface area contributed by atoms with E-state index in [9.17, 15) is 4.79 Å². The van der Waals surface area contributed by atoms with E-state index in [1.807, 2.05) is 12.1 Å². The topological polar surface area (TPSA) is 43.4 Å². The Bertz CT molecular complexity index is 606. The molecule has 2 aromatic rings. The molecule has 0 saturated carbocycles. The Labute approximate surface area is 144 Å². The predicted octanol–water partition coefficient (Wildman–Crippen LogP) is 5.76. The van der Waals surface area contributed by atoms with Gasteiger partial charge in [-0.1, -0.05) is 18.6 Å². The van der Waals surface area contributed by atoms with Crippen LogP contribution < -0.4 is 0 Å². The Hall–Kier alpha value is -2.03. The average molecular weight is 328 g/mol. The van der Waals surface area contributed by atoms with Crippen LogP contribution in [-0.4, -0.2) is 5.78 Å². The van der Waals surface area contributed by atoms with E-state index in [4.69, 9.17) is 8.83 Å². The molecular formula is C21H28O3. The molecule has 3 heteroatoms. The van der Waals surface area contributed by atoms with Gasteiger partial charge in [0.2, 0.25) is 0 Å². The van der Waals surface area contributed by atoms with E-state index in [0.717, 1.165) is 32.1 Å². The number of aryl methyl sites for hydroxylation is 2. The molecule has 0 amide bonds. The van der Waals surface area contributed by atoms with Crippen molar-refractivity contribution in [3.63, 3.8) is 0 Å². The lowest BCUT2D eigenvalue weighted by atomic mass is 9.94. The highest BCUT2D eigenvalue weighted by Gasteiger charge is 2.10. The van der Waals surface area contributed by atoms with Crippen LogP contribution >= 0.6 is 0 Å². The maximum atomic E-state index is 12.2. The lowest BCUT2D eigenvalue weighted by Gasteiger charge is -2.10. The van der Waals surface area contributed by atoms with Gasteiger partial charge in [0, 0.05) is 12.8 Å². The van der Waals surface area contributed by atoms with Crippen LogP contribution in [-0.2, 0) is 17.6 Å². The first kappa shape index (κ1) is 18.3. The third-order valence-corrected chi connectivity index (χ3v) is 4.30. The second-order valence-corrected chi connectivity index (χ2v) is 6.77. The van der Waals surface area contributed by atoms with Gasteiger partial charge in [-0.05, 0) is 68.2 Å². The Morgan fingerprint density at radius 2 is 1.79 bits per heavy atom. The fourth-order valence-electron chi connectivity index (χ4n) is 2.96. The van der Waals surface area contributed by atoms with Crippen LogP contribution in [0.4, 0.5) is 0 Å². The van der Waals surface area contributed by atoms with Crippen LogP contribution in [0, 0.1) is 5.92 Å². The monoisotopic (exact) mass is 328 g/mol. The Balaban J connectivity index is 1.60. The number of Topliss-reactive ketones (excluding diaryl/α,β-unsaturated/α-hetero) is 1. The fraction of sp³-hybridized carbons (Fsp3) is 0.476. The van der Waals surface area contributed by atoms with E-state index >= 15 is 0 Å². The maximum absolute atomic E-state index is 12.2. The maximum Gasteiger partial charge on any atom is 0.137 e. The minimum atomic E-state index is 0.350. The number of carbonyl (C=O) groups is 1. The summed E-state index contributed by atoms with van der Waals surface area (Å²) in [5.74, 6) is 0.797. The quantitative estimate of drug-likeness (QED) is 0.492. The van der Waals surface area contributed by atoms with Crippen LogP contribution in [0.15, 0.2) is 57.7 Å². The van der Waals surface area contributed by atoms with E-state index in [-0.39, 0.29) is 0 Å². The minimum Gasteiger partial charge on any atom is -0.472 e. The lowest BCUT2D eigenvalue weighted by Crippen LogP contribution is -2.06. The van der Waals surface area contributed by atoms with E-state index in [0.29, 0.717) is 24.5 Å². The molecule has 0 aromatic carbocycles. The summed E-state index contributed by atoms with van der Waals surface area (Å²) in [5.41, 5.74) is 3.62. The molecule has 24 heavy (non-hydrogen) atoms. The highest BCUT2D eigenvalue weighted by molar-refractivity contribution is 5.80. The van der Waals surface area contributed by atoms with Crippen LogP contribution in [0.2, 0.25) is 0 Å². The van der Waals surface area contributed by atoms with E-state index in [1.165, 1.54) is 16.7 Å². The Kier molecular flexibility index (Phi) is 7.60. The number of carbonyl (C=O) groups excluding carboxylic acids is 1. The van der Waals surface area contributed by atoms with Crippen molar-refractivity contribution in [3.8, 4) is 0 Å². The largest absolute Gasteiger partial charge is 0.472 e. The van der Waals surface area contributed by atoms with Crippen molar-refractivity contribution in [2.24, 2.45) is 5.92 Å². The molecule has 0 spiro atoms. The molecule has 0 bridgehead atoms. The molecule has 0 radical (unpaired) electrons. The molecule has 130 valence electrons. The first-order valence-electron chi connectivity index (χ1n) is 8.83. The third-order valence-electron chi connectivity index (χ3n) is 4.30. The summed E-state index contributed by atoms with van der Waals surface area (Å²) < 4.78 is 10.1. The highest BCUT2D eigenvalue weighted by Crippen LogP contribution is 2.17. The molecule has 2 heterocycles. The summed E-state index contributed by atoms with van der Waals surface area (Å²) in [7, 11) is 0. The zero-order chi connectivity index (χ0) is 17.2. The minimum absolute atomic E-state index is 0.350. The predicted molar refractivity (Wildman–Crippen MR) is 95.8 cm³/mol. The van der Waals surface area contributed by atoms with Gasteiger partial charge < -0.3 is 8.83 Å². The van der Waals surface area contributed by atoms with Crippen molar-refractivity contribution < 1.29 is 13.6 Å². The summed E-state index contributed by atoms with van der Waals surface area (Å²) in [5, 5.41) is 0. The second-order valence-electron chi connectivity index (χ2n) is 6.77. The van der Waals surface area contributed by atoms with Crippen molar-refractivity contribution in [2.45, 2.75) is 58.8 Å². The van der Waals surface area contributed by atoms with Gasteiger partial charge in [-0.15, -0.1) is 0 Å². The molecule has 2 aromatic heterocycles. The lowest BCUT2D eigenvalue weighted by molar-refractivity contribution is -0.119. The van der Waals surface area contributed by atoms with E-state index in [2.05, 4.69) is 19.9 Å². The molecule has 0 aliphatic rings. The van der Waals surface area contributed by atoms with Gasteiger partial charge >= 0.3 is 0 Å². The summed E-state index contributed by atoms with van der Waals surface area (Å²) in [6.45, 7) is 4.22. The van der Waals surface area contributed by atoms with Crippen molar-refractivity contribution >= 4 is 5.78 Å². The number of hydrogen-bond donors (Lipinski definition) is 0.